The summed E-state index contributed by atoms with van der Waals surface area (Å²) in [6, 6.07) is 0. The van der Waals surface area contributed by atoms with Crippen molar-refractivity contribution in [3.63, 3.8) is 0 Å². The molecule has 0 radical (unpaired) electrons. The van der Waals surface area contributed by atoms with E-state index in [0.717, 1.165) is 5.92 Å². The summed E-state index contributed by atoms with van der Waals surface area (Å²) in [4.78, 5) is 4.70. The predicted molar refractivity (Wildman–Crippen MR) is 109 cm³/mol. The Kier molecular flexibility index (Phi) is 9.92. The van der Waals surface area contributed by atoms with Gasteiger partial charge in [0.05, 0.1) is 0 Å². The van der Waals surface area contributed by atoms with Crippen LogP contribution in [0.1, 0.15) is 72.1 Å². The van der Waals surface area contributed by atoms with E-state index >= 15 is 0 Å². The molecule has 2 nitrogen and oxygen atoms in total. The molecule has 0 aromatic heterocycles. The molecule has 0 amide bonds. The van der Waals surface area contributed by atoms with Crippen molar-refractivity contribution in [3.05, 3.63) is 22.3 Å². The Morgan fingerprint density at radius 1 is 0.625 bits per heavy atom. The zero-order valence-electron chi connectivity index (χ0n) is 17.5. The topological polar surface area (TPSA) is 6.48 Å². The van der Waals surface area contributed by atoms with Gasteiger partial charge in [-0.25, -0.2) is 0 Å². The van der Waals surface area contributed by atoms with Crippen molar-refractivity contribution in [1.29, 1.82) is 0 Å². The van der Waals surface area contributed by atoms with Crippen LogP contribution in [0.15, 0.2) is 22.3 Å². The molecule has 0 bridgehead atoms. The number of rotatable bonds is 12. The Morgan fingerprint density at radius 3 is 1.50 bits per heavy atom. The van der Waals surface area contributed by atoms with Crippen LogP contribution < -0.4 is 0 Å². The Hall–Kier alpha value is -0.600. The molecule has 0 saturated heterocycles. The third-order valence-corrected chi connectivity index (χ3v) is 5.19. The van der Waals surface area contributed by atoms with Crippen molar-refractivity contribution in [3.8, 4) is 0 Å². The first kappa shape index (κ1) is 21.4. The molecule has 24 heavy (non-hydrogen) atoms. The van der Waals surface area contributed by atoms with Gasteiger partial charge in [0.1, 0.15) is 0 Å². The summed E-state index contributed by atoms with van der Waals surface area (Å²) < 4.78 is 0. The Morgan fingerprint density at radius 2 is 1.08 bits per heavy atom. The van der Waals surface area contributed by atoms with E-state index in [1.165, 1.54) is 64.5 Å². The molecule has 0 aliphatic heterocycles. The van der Waals surface area contributed by atoms with Gasteiger partial charge >= 0.3 is 0 Å². The Bertz CT molecular complexity index is 429. The molecule has 1 aliphatic carbocycles. The maximum Gasteiger partial charge on any atom is 0.00314 e. The first-order valence-electron chi connectivity index (χ1n) is 10.2. The normalized spacial score (nSPS) is 18.6. The molecule has 1 unspecified atom stereocenters. The standard InChI is InChI=1S/C22H42N2/c1-8-11-18-19(12-9-2)21(14-16-23(4)5)22(15-17-24(6)7)20(18)13-10-3/h21H,8-17H2,1-7H3. The van der Waals surface area contributed by atoms with Crippen molar-refractivity contribution in [1.82, 2.24) is 9.80 Å². The minimum atomic E-state index is 0.718. The number of hydrogen-bond acceptors (Lipinski definition) is 2. The van der Waals surface area contributed by atoms with E-state index in [9.17, 15) is 0 Å². The highest BCUT2D eigenvalue weighted by Crippen LogP contribution is 2.46. The molecule has 0 fully saturated rings. The van der Waals surface area contributed by atoms with Gasteiger partial charge in [-0.15, -0.1) is 0 Å². The lowest BCUT2D eigenvalue weighted by molar-refractivity contribution is 0.368. The second kappa shape index (κ2) is 11.1. The van der Waals surface area contributed by atoms with E-state index in [0.29, 0.717) is 0 Å². The molecule has 1 aliphatic rings. The summed E-state index contributed by atoms with van der Waals surface area (Å²) in [5.74, 6) is 0.718. The molecule has 0 aromatic carbocycles. The fraction of sp³-hybridized carbons (Fsp3) is 0.818. The van der Waals surface area contributed by atoms with E-state index in [2.05, 4.69) is 58.8 Å². The van der Waals surface area contributed by atoms with E-state index in [1.54, 1.807) is 22.3 Å². The van der Waals surface area contributed by atoms with Crippen LogP contribution in [-0.2, 0) is 0 Å². The predicted octanol–water partition coefficient (Wildman–Crippen LogP) is 5.51. The van der Waals surface area contributed by atoms with Crippen LogP contribution in [0, 0.1) is 5.92 Å². The molecule has 1 atom stereocenters. The maximum atomic E-state index is 2.35. The van der Waals surface area contributed by atoms with E-state index < -0.39 is 0 Å². The molecular weight excluding hydrogens is 292 g/mol. The van der Waals surface area contributed by atoms with Crippen LogP contribution in [-0.4, -0.2) is 51.1 Å². The molecule has 0 heterocycles. The number of hydrogen-bond donors (Lipinski definition) is 0. The van der Waals surface area contributed by atoms with Gasteiger partial charge in [0.15, 0.2) is 0 Å². The summed E-state index contributed by atoms with van der Waals surface area (Å²) in [7, 11) is 8.83. The maximum absolute atomic E-state index is 2.35. The molecule has 0 spiro atoms. The van der Waals surface area contributed by atoms with Crippen molar-refractivity contribution in [2.45, 2.75) is 72.1 Å². The highest BCUT2D eigenvalue weighted by Gasteiger charge is 2.31. The van der Waals surface area contributed by atoms with Crippen LogP contribution >= 0.6 is 0 Å². The minimum absolute atomic E-state index is 0.718. The van der Waals surface area contributed by atoms with Crippen LogP contribution in [0.3, 0.4) is 0 Å². The van der Waals surface area contributed by atoms with Gasteiger partial charge < -0.3 is 9.80 Å². The van der Waals surface area contributed by atoms with Gasteiger partial charge in [-0.3, -0.25) is 0 Å². The molecule has 0 aromatic rings. The van der Waals surface area contributed by atoms with Crippen molar-refractivity contribution in [2.75, 3.05) is 41.3 Å². The minimum Gasteiger partial charge on any atom is -0.309 e. The molecule has 1 rings (SSSR count). The Balaban J connectivity index is 3.19. The van der Waals surface area contributed by atoms with Gasteiger partial charge in [0.25, 0.3) is 0 Å². The van der Waals surface area contributed by atoms with Gasteiger partial charge in [-0.2, -0.15) is 0 Å². The van der Waals surface area contributed by atoms with Gasteiger partial charge in [-0.05, 0) is 78.0 Å². The van der Waals surface area contributed by atoms with Gasteiger partial charge in [-0.1, -0.05) is 51.2 Å². The second-order valence-corrected chi connectivity index (χ2v) is 7.96. The molecule has 0 saturated carbocycles. The van der Waals surface area contributed by atoms with Crippen LogP contribution in [0.4, 0.5) is 0 Å². The largest absolute Gasteiger partial charge is 0.309 e. The first-order chi connectivity index (χ1) is 11.5. The highest BCUT2D eigenvalue weighted by atomic mass is 15.1. The summed E-state index contributed by atoms with van der Waals surface area (Å²) in [6.45, 7) is 9.40. The molecule has 2 heteroatoms. The van der Waals surface area contributed by atoms with E-state index in [-0.39, 0.29) is 0 Å². The fourth-order valence-electron chi connectivity index (χ4n) is 4.14. The molecular formula is C22H42N2. The summed E-state index contributed by atoms with van der Waals surface area (Å²) in [5.41, 5.74) is 7.12. The van der Waals surface area contributed by atoms with Crippen molar-refractivity contribution < 1.29 is 0 Å². The summed E-state index contributed by atoms with van der Waals surface area (Å²) in [6.07, 6.45) is 10.2. The zero-order valence-corrected chi connectivity index (χ0v) is 17.5. The Labute approximate surface area is 152 Å². The van der Waals surface area contributed by atoms with Crippen molar-refractivity contribution >= 4 is 0 Å². The summed E-state index contributed by atoms with van der Waals surface area (Å²) >= 11 is 0. The van der Waals surface area contributed by atoms with E-state index in [4.69, 9.17) is 0 Å². The SMILES string of the molecule is CCCC1=C(CCC)C(CCN(C)C)C(CCN(C)C)=C1CCC. The third kappa shape index (κ3) is 6.04. The second-order valence-electron chi connectivity index (χ2n) is 7.96. The van der Waals surface area contributed by atoms with Crippen molar-refractivity contribution in [2.24, 2.45) is 5.92 Å². The van der Waals surface area contributed by atoms with Gasteiger partial charge in [0, 0.05) is 12.5 Å². The van der Waals surface area contributed by atoms with Crippen LogP contribution in [0.5, 0.6) is 0 Å². The average molecular weight is 335 g/mol. The monoisotopic (exact) mass is 334 g/mol. The lowest BCUT2D eigenvalue weighted by atomic mass is 9.87. The molecule has 140 valence electrons. The van der Waals surface area contributed by atoms with E-state index in [1.807, 2.05) is 0 Å². The quantitative estimate of drug-likeness (QED) is 0.464. The number of nitrogens with zero attached hydrogens (tertiary/aromatic N) is 2. The molecule has 0 N–H and O–H groups in total. The lowest BCUT2D eigenvalue weighted by Gasteiger charge is -2.23. The smallest absolute Gasteiger partial charge is 0.00314 e. The van der Waals surface area contributed by atoms with Crippen LogP contribution in [0.25, 0.3) is 0 Å². The highest BCUT2D eigenvalue weighted by molar-refractivity contribution is 5.50. The first-order valence-corrected chi connectivity index (χ1v) is 10.2. The average Bonchev–Trinajstić information content (AvgIpc) is 2.78. The third-order valence-electron chi connectivity index (χ3n) is 5.19. The zero-order chi connectivity index (χ0) is 18.1. The fourth-order valence-corrected chi connectivity index (χ4v) is 4.14. The summed E-state index contributed by atoms with van der Waals surface area (Å²) in [5, 5.41) is 0. The van der Waals surface area contributed by atoms with Gasteiger partial charge in [0.2, 0.25) is 0 Å². The number of allylic oxidation sites excluding steroid dienone is 3. The van der Waals surface area contributed by atoms with Crippen LogP contribution in [0.2, 0.25) is 0 Å². The lowest BCUT2D eigenvalue weighted by Crippen LogP contribution is -2.20.